The van der Waals surface area contributed by atoms with Crippen LogP contribution in [-0.2, 0) is 10.2 Å². The Morgan fingerprint density at radius 2 is 1.73 bits per heavy atom. The molecular formula is C28H36O2. The van der Waals surface area contributed by atoms with Crippen molar-refractivity contribution >= 4 is 5.78 Å². The van der Waals surface area contributed by atoms with Crippen LogP contribution in [0.4, 0.5) is 0 Å². The van der Waals surface area contributed by atoms with Crippen molar-refractivity contribution in [2.75, 3.05) is 0 Å². The summed E-state index contributed by atoms with van der Waals surface area (Å²) >= 11 is 0. The molecule has 2 saturated carbocycles. The first kappa shape index (κ1) is 20.2. The van der Waals surface area contributed by atoms with E-state index in [1.807, 2.05) is 6.08 Å². The fourth-order valence-corrected chi connectivity index (χ4v) is 7.15. The molecule has 30 heavy (non-hydrogen) atoms. The minimum absolute atomic E-state index is 0.00773. The van der Waals surface area contributed by atoms with Crippen LogP contribution in [-0.4, -0.2) is 17.0 Å². The first-order valence-corrected chi connectivity index (χ1v) is 11.9. The molecule has 0 amide bonds. The van der Waals surface area contributed by atoms with E-state index in [-0.39, 0.29) is 16.9 Å². The number of benzene rings is 1. The van der Waals surface area contributed by atoms with E-state index >= 15 is 0 Å². The molecule has 0 aliphatic heterocycles. The summed E-state index contributed by atoms with van der Waals surface area (Å²) in [4.78, 5) is 12.1. The van der Waals surface area contributed by atoms with Gasteiger partial charge in [0.2, 0.25) is 0 Å². The topological polar surface area (TPSA) is 37.3 Å². The third-order valence-electron chi connectivity index (χ3n) is 8.86. The highest BCUT2D eigenvalue weighted by Crippen LogP contribution is 2.63. The molecule has 0 saturated heterocycles. The van der Waals surface area contributed by atoms with E-state index in [1.54, 1.807) is 5.57 Å². The van der Waals surface area contributed by atoms with Crippen molar-refractivity contribution in [2.24, 2.45) is 17.3 Å². The summed E-state index contributed by atoms with van der Waals surface area (Å²) in [5.41, 5.74) is 7.36. The number of aliphatic hydroxyl groups excluding tert-OH is 1. The lowest BCUT2D eigenvalue weighted by atomic mass is 9.53. The average Bonchev–Trinajstić information content (AvgIpc) is 3.01. The van der Waals surface area contributed by atoms with Gasteiger partial charge < -0.3 is 5.11 Å². The number of rotatable bonds is 1. The normalized spacial score (nSPS) is 36.2. The molecule has 2 heteroatoms. The first-order valence-electron chi connectivity index (χ1n) is 11.9. The predicted octanol–water partition coefficient (Wildman–Crippen LogP) is 6.24. The number of fused-ring (bicyclic) bond motifs is 4. The smallest absolute Gasteiger partial charge is 0.156 e. The number of hydrogen-bond acceptors (Lipinski definition) is 2. The lowest BCUT2D eigenvalue weighted by Crippen LogP contribution is -2.45. The number of ketones is 1. The Morgan fingerprint density at radius 1 is 1.00 bits per heavy atom. The molecule has 4 aliphatic rings. The quantitative estimate of drug-likeness (QED) is 0.601. The fourth-order valence-electron chi connectivity index (χ4n) is 7.15. The maximum atomic E-state index is 12.1. The number of carbonyl (C=O) groups excluding carboxylic acids is 1. The Bertz CT molecular complexity index is 926. The molecule has 160 valence electrons. The summed E-state index contributed by atoms with van der Waals surface area (Å²) < 4.78 is 0. The van der Waals surface area contributed by atoms with E-state index < -0.39 is 0 Å². The molecule has 0 bridgehead atoms. The van der Waals surface area contributed by atoms with Gasteiger partial charge in [0.25, 0.3) is 0 Å². The van der Waals surface area contributed by atoms with Crippen LogP contribution in [0.1, 0.15) is 89.7 Å². The molecule has 0 heterocycles. The van der Waals surface area contributed by atoms with Crippen molar-refractivity contribution in [3.63, 3.8) is 0 Å². The van der Waals surface area contributed by atoms with Crippen molar-refractivity contribution < 1.29 is 9.90 Å². The molecule has 5 rings (SSSR count). The molecular weight excluding hydrogens is 368 g/mol. The van der Waals surface area contributed by atoms with Gasteiger partial charge in [-0.3, -0.25) is 4.79 Å². The molecule has 5 unspecified atom stereocenters. The molecule has 1 N–H and O–H groups in total. The third-order valence-corrected chi connectivity index (χ3v) is 8.86. The van der Waals surface area contributed by atoms with Crippen LogP contribution in [0.5, 0.6) is 0 Å². The summed E-state index contributed by atoms with van der Waals surface area (Å²) in [6.07, 6.45) is 8.63. The molecule has 0 radical (unpaired) electrons. The van der Waals surface area contributed by atoms with Crippen LogP contribution in [0.25, 0.3) is 0 Å². The van der Waals surface area contributed by atoms with Crippen molar-refractivity contribution in [1.82, 2.24) is 0 Å². The number of carbonyl (C=O) groups is 1. The van der Waals surface area contributed by atoms with Gasteiger partial charge in [-0.2, -0.15) is 0 Å². The maximum Gasteiger partial charge on any atom is 0.156 e. The summed E-state index contributed by atoms with van der Waals surface area (Å²) in [5.74, 6) is 1.81. The van der Waals surface area contributed by atoms with Crippen LogP contribution in [0.3, 0.4) is 0 Å². The van der Waals surface area contributed by atoms with Crippen molar-refractivity contribution in [1.29, 1.82) is 0 Å². The van der Waals surface area contributed by atoms with E-state index in [0.717, 1.165) is 38.5 Å². The highest BCUT2D eigenvalue weighted by atomic mass is 16.3. The number of hydrogen-bond donors (Lipinski definition) is 1. The molecule has 0 spiro atoms. The van der Waals surface area contributed by atoms with Gasteiger partial charge in [-0.15, -0.1) is 0 Å². The van der Waals surface area contributed by atoms with Crippen molar-refractivity contribution in [3.8, 4) is 0 Å². The van der Waals surface area contributed by atoms with Crippen molar-refractivity contribution in [2.45, 2.75) is 90.1 Å². The van der Waals surface area contributed by atoms with Gasteiger partial charge in [0, 0.05) is 12.3 Å². The van der Waals surface area contributed by atoms with Crippen LogP contribution < -0.4 is 0 Å². The summed E-state index contributed by atoms with van der Waals surface area (Å²) in [6.45, 7) is 9.14. The van der Waals surface area contributed by atoms with Gasteiger partial charge in [0.15, 0.2) is 5.78 Å². The predicted molar refractivity (Wildman–Crippen MR) is 121 cm³/mol. The fraction of sp³-hybridized carbons (Fsp3) is 0.607. The van der Waals surface area contributed by atoms with E-state index in [1.165, 1.54) is 22.3 Å². The van der Waals surface area contributed by atoms with E-state index in [4.69, 9.17) is 0 Å². The Morgan fingerprint density at radius 3 is 2.43 bits per heavy atom. The number of allylic oxidation sites excluding steroid dienone is 4. The van der Waals surface area contributed by atoms with Crippen LogP contribution in [0, 0.1) is 17.3 Å². The Hall–Kier alpha value is -1.67. The van der Waals surface area contributed by atoms with Gasteiger partial charge in [-0.25, -0.2) is 0 Å². The summed E-state index contributed by atoms with van der Waals surface area (Å²) in [7, 11) is 0. The lowest BCUT2D eigenvalue weighted by molar-refractivity contribution is -0.114. The second-order valence-electron chi connectivity index (χ2n) is 11.5. The zero-order chi connectivity index (χ0) is 21.3. The van der Waals surface area contributed by atoms with Crippen molar-refractivity contribution in [3.05, 3.63) is 58.2 Å². The SMILES string of the molecule is CC(C)(C)c1ccc(C2CC3(C)C(O)CCC3C3CCC4=CC(=O)CCC4=C23)cc1. The zero-order valence-corrected chi connectivity index (χ0v) is 19.0. The standard InChI is InChI=1S/C28H36O2/c1-27(2,3)19-8-5-17(6-9-19)23-16-28(4)24(13-14-25(28)30)22-11-7-18-15-20(29)10-12-21(18)26(22)23/h5-6,8-9,15,22-25,30H,7,10-14,16H2,1-4H3. The Labute approximate surface area is 181 Å². The van der Waals surface area contributed by atoms with E-state index in [2.05, 4.69) is 52.0 Å². The molecule has 5 atom stereocenters. The third kappa shape index (κ3) is 3.06. The average molecular weight is 405 g/mol. The van der Waals surface area contributed by atoms with Crippen LogP contribution >= 0.6 is 0 Å². The van der Waals surface area contributed by atoms with E-state index in [9.17, 15) is 9.90 Å². The molecule has 1 aromatic carbocycles. The Kier molecular flexibility index (Phi) is 4.67. The molecule has 2 fully saturated rings. The minimum atomic E-state index is -0.185. The van der Waals surface area contributed by atoms with Crippen LogP contribution in [0.15, 0.2) is 47.1 Å². The zero-order valence-electron chi connectivity index (χ0n) is 19.0. The second-order valence-corrected chi connectivity index (χ2v) is 11.5. The molecule has 0 aromatic heterocycles. The lowest BCUT2D eigenvalue weighted by Gasteiger charge is -2.52. The first-order chi connectivity index (χ1) is 14.2. The Balaban J connectivity index is 1.64. The second kappa shape index (κ2) is 6.92. The highest BCUT2D eigenvalue weighted by molar-refractivity contribution is 5.93. The van der Waals surface area contributed by atoms with Gasteiger partial charge in [0.05, 0.1) is 6.10 Å². The summed E-state index contributed by atoms with van der Waals surface area (Å²) in [6, 6.07) is 9.29. The molecule has 2 nitrogen and oxygen atoms in total. The monoisotopic (exact) mass is 404 g/mol. The molecule has 4 aliphatic carbocycles. The number of aliphatic hydroxyl groups is 1. The maximum absolute atomic E-state index is 12.1. The van der Waals surface area contributed by atoms with Gasteiger partial charge >= 0.3 is 0 Å². The minimum Gasteiger partial charge on any atom is -0.393 e. The van der Waals surface area contributed by atoms with Gasteiger partial charge in [0.1, 0.15) is 0 Å². The summed E-state index contributed by atoms with van der Waals surface area (Å²) in [5, 5.41) is 11.0. The van der Waals surface area contributed by atoms with E-state index in [0.29, 0.717) is 30.0 Å². The van der Waals surface area contributed by atoms with Gasteiger partial charge in [-0.1, -0.05) is 57.5 Å². The largest absolute Gasteiger partial charge is 0.393 e. The van der Waals surface area contributed by atoms with Crippen LogP contribution in [0.2, 0.25) is 0 Å². The molecule has 1 aromatic rings. The van der Waals surface area contributed by atoms with Gasteiger partial charge in [-0.05, 0) is 89.5 Å². The highest BCUT2D eigenvalue weighted by Gasteiger charge is 2.56.